The summed E-state index contributed by atoms with van der Waals surface area (Å²) in [5.41, 5.74) is 5.05. The molecule has 0 bridgehead atoms. The Labute approximate surface area is 205 Å². The van der Waals surface area contributed by atoms with E-state index in [-0.39, 0.29) is 0 Å². The van der Waals surface area contributed by atoms with Gasteiger partial charge in [-0.1, -0.05) is 18.2 Å². The van der Waals surface area contributed by atoms with E-state index in [1.54, 1.807) is 4.68 Å². The van der Waals surface area contributed by atoms with E-state index in [1.807, 2.05) is 61.8 Å². The number of benzene rings is 1. The number of rotatable bonds is 8. The second kappa shape index (κ2) is 10.5. The quantitative estimate of drug-likeness (QED) is 0.419. The molecule has 0 amide bonds. The van der Waals surface area contributed by atoms with Crippen LogP contribution >= 0.6 is 0 Å². The zero-order chi connectivity index (χ0) is 24.2. The van der Waals surface area contributed by atoms with E-state index >= 15 is 0 Å². The van der Waals surface area contributed by atoms with Crippen molar-refractivity contribution in [2.45, 2.75) is 32.0 Å². The maximum atomic E-state index is 10.3. The third-order valence-electron chi connectivity index (χ3n) is 6.51. The highest BCUT2D eigenvalue weighted by atomic mass is 16.5. The summed E-state index contributed by atoms with van der Waals surface area (Å²) < 4.78 is 9.18. The Morgan fingerprint density at radius 1 is 0.943 bits per heavy atom. The molecule has 1 fully saturated rings. The minimum atomic E-state index is -0.537. The van der Waals surface area contributed by atoms with E-state index in [0.29, 0.717) is 25.1 Å². The van der Waals surface area contributed by atoms with Crippen molar-refractivity contribution in [1.82, 2.24) is 34.4 Å². The van der Waals surface area contributed by atoms with Gasteiger partial charge in [0.15, 0.2) is 5.82 Å². The van der Waals surface area contributed by atoms with Crippen LogP contribution in [0.5, 0.6) is 0 Å². The van der Waals surface area contributed by atoms with Gasteiger partial charge >= 0.3 is 0 Å². The van der Waals surface area contributed by atoms with Crippen LogP contribution in [0, 0.1) is 0 Å². The molecule has 35 heavy (non-hydrogen) atoms. The molecule has 0 spiro atoms. The number of likely N-dealkylation sites (tertiary alicyclic amines) is 1. The number of aromatic nitrogens is 6. The monoisotopic (exact) mass is 473 g/mol. The summed E-state index contributed by atoms with van der Waals surface area (Å²) in [6, 6.07) is 8.49. The second-order valence-electron chi connectivity index (χ2n) is 8.90. The Morgan fingerprint density at radius 3 is 2.37 bits per heavy atom. The molecule has 0 saturated carbocycles. The zero-order valence-corrected chi connectivity index (χ0v) is 20.2. The number of hydrogen-bond donors (Lipinski definition) is 1. The van der Waals surface area contributed by atoms with Crippen molar-refractivity contribution in [3.05, 3.63) is 61.4 Å². The molecule has 3 aromatic heterocycles. The van der Waals surface area contributed by atoms with E-state index < -0.39 is 6.23 Å². The van der Waals surface area contributed by atoms with Crippen molar-refractivity contribution < 1.29 is 9.84 Å². The van der Waals surface area contributed by atoms with Gasteiger partial charge in [-0.25, -0.2) is 9.97 Å². The lowest BCUT2D eigenvalue weighted by molar-refractivity contribution is -0.0677. The van der Waals surface area contributed by atoms with Crippen LogP contribution < -0.4 is 0 Å². The van der Waals surface area contributed by atoms with Crippen molar-refractivity contribution in [2.24, 2.45) is 7.05 Å². The average molecular weight is 474 g/mol. The lowest BCUT2D eigenvalue weighted by Gasteiger charge is -2.34. The number of ether oxygens (including phenoxy) is 1. The zero-order valence-electron chi connectivity index (χ0n) is 20.2. The Balaban J connectivity index is 1.24. The third-order valence-corrected chi connectivity index (χ3v) is 6.51. The SMILES string of the molecule is CCOCC(O)N1CCC(n2cc(-c3cnc(-c4cccc(-c5cnn(C)c5)c4)nc3)cn2)CC1. The van der Waals surface area contributed by atoms with Crippen molar-refractivity contribution in [2.75, 3.05) is 26.3 Å². The molecule has 182 valence electrons. The molecule has 5 rings (SSSR count). The standard InChI is InChI=1S/C26H31N7O2/c1-3-35-18-25(34)32-9-7-24(8-10-32)33-17-23(15-30-33)21-12-27-26(28-13-21)20-6-4-5-19(11-20)22-14-29-31(2)16-22/h4-6,11-17,24-25,34H,3,7-10,18H2,1-2H3. The van der Waals surface area contributed by atoms with Crippen LogP contribution in [0.15, 0.2) is 61.4 Å². The highest BCUT2D eigenvalue weighted by Gasteiger charge is 2.25. The first-order valence-corrected chi connectivity index (χ1v) is 12.1. The Kier molecular flexibility index (Phi) is 6.98. The summed E-state index contributed by atoms with van der Waals surface area (Å²) in [6.45, 7) is 4.56. The average Bonchev–Trinajstić information content (AvgIpc) is 3.57. The molecule has 1 saturated heterocycles. The molecule has 1 unspecified atom stereocenters. The van der Waals surface area contributed by atoms with E-state index in [0.717, 1.165) is 53.7 Å². The molecule has 1 aliphatic heterocycles. The fraction of sp³-hybridized carbons (Fsp3) is 0.385. The summed E-state index contributed by atoms with van der Waals surface area (Å²) in [5.74, 6) is 0.685. The van der Waals surface area contributed by atoms with Gasteiger partial charge in [-0.2, -0.15) is 10.2 Å². The second-order valence-corrected chi connectivity index (χ2v) is 8.90. The molecule has 0 aliphatic carbocycles. The summed E-state index contributed by atoms with van der Waals surface area (Å²) in [7, 11) is 1.91. The number of piperidine rings is 1. The number of nitrogens with zero attached hydrogens (tertiary/aromatic N) is 7. The van der Waals surface area contributed by atoms with E-state index in [9.17, 15) is 5.11 Å². The maximum absolute atomic E-state index is 10.3. The number of aliphatic hydroxyl groups is 1. The highest BCUT2D eigenvalue weighted by molar-refractivity contribution is 5.70. The van der Waals surface area contributed by atoms with Gasteiger partial charge in [0, 0.05) is 73.8 Å². The van der Waals surface area contributed by atoms with Gasteiger partial charge in [-0.05, 0) is 31.4 Å². The smallest absolute Gasteiger partial charge is 0.159 e. The molecule has 4 aromatic rings. The first-order valence-electron chi connectivity index (χ1n) is 12.1. The lowest BCUT2D eigenvalue weighted by Crippen LogP contribution is -2.44. The van der Waals surface area contributed by atoms with Gasteiger partial charge < -0.3 is 9.84 Å². The number of aryl methyl sites for hydroxylation is 1. The predicted octanol–water partition coefficient (Wildman–Crippen LogP) is 3.40. The van der Waals surface area contributed by atoms with Crippen LogP contribution in [0.1, 0.15) is 25.8 Å². The Morgan fingerprint density at radius 2 is 1.66 bits per heavy atom. The molecule has 1 aromatic carbocycles. The van der Waals surface area contributed by atoms with E-state index in [2.05, 4.69) is 43.4 Å². The largest absolute Gasteiger partial charge is 0.378 e. The summed E-state index contributed by atoms with van der Waals surface area (Å²) >= 11 is 0. The first kappa shape index (κ1) is 23.3. The molecular formula is C26H31N7O2. The van der Waals surface area contributed by atoms with Gasteiger partial charge in [0.25, 0.3) is 0 Å². The fourth-order valence-electron chi connectivity index (χ4n) is 4.50. The van der Waals surface area contributed by atoms with E-state index in [4.69, 9.17) is 4.74 Å². The summed E-state index contributed by atoms with van der Waals surface area (Å²) in [4.78, 5) is 11.3. The van der Waals surface area contributed by atoms with Crippen LogP contribution in [0.25, 0.3) is 33.6 Å². The predicted molar refractivity (Wildman–Crippen MR) is 133 cm³/mol. The van der Waals surface area contributed by atoms with Gasteiger partial charge in [0.05, 0.1) is 25.0 Å². The molecule has 0 radical (unpaired) electrons. The Bertz CT molecular complexity index is 1240. The molecule has 4 heterocycles. The van der Waals surface area contributed by atoms with Crippen LogP contribution in [0.3, 0.4) is 0 Å². The van der Waals surface area contributed by atoms with Gasteiger partial charge in [0.1, 0.15) is 6.23 Å². The molecular weight excluding hydrogens is 442 g/mol. The van der Waals surface area contributed by atoms with Crippen molar-refractivity contribution in [3.8, 4) is 33.6 Å². The minimum Gasteiger partial charge on any atom is -0.378 e. The lowest BCUT2D eigenvalue weighted by atomic mass is 10.0. The molecule has 9 heteroatoms. The Hall–Kier alpha value is -3.40. The van der Waals surface area contributed by atoms with Crippen LogP contribution in [-0.2, 0) is 11.8 Å². The maximum Gasteiger partial charge on any atom is 0.159 e. The molecule has 9 nitrogen and oxygen atoms in total. The normalized spacial score (nSPS) is 16.0. The molecule has 1 atom stereocenters. The van der Waals surface area contributed by atoms with Crippen LogP contribution in [-0.4, -0.2) is 72.1 Å². The minimum absolute atomic E-state index is 0.315. The number of hydrogen-bond acceptors (Lipinski definition) is 7. The van der Waals surface area contributed by atoms with Gasteiger partial charge in [-0.15, -0.1) is 0 Å². The van der Waals surface area contributed by atoms with Crippen molar-refractivity contribution in [1.29, 1.82) is 0 Å². The fourth-order valence-corrected chi connectivity index (χ4v) is 4.50. The number of aliphatic hydroxyl groups excluding tert-OH is 1. The summed E-state index contributed by atoms with van der Waals surface area (Å²) in [6.07, 6.45) is 12.8. The van der Waals surface area contributed by atoms with Crippen LogP contribution in [0.4, 0.5) is 0 Å². The highest BCUT2D eigenvalue weighted by Crippen LogP contribution is 2.27. The van der Waals surface area contributed by atoms with Crippen LogP contribution in [0.2, 0.25) is 0 Å². The summed E-state index contributed by atoms with van der Waals surface area (Å²) in [5, 5.41) is 19.1. The van der Waals surface area contributed by atoms with Gasteiger partial charge in [0.2, 0.25) is 0 Å². The van der Waals surface area contributed by atoms with Crippen molar-refractivity contribution >= 4 is 0 Å². The molecule has 1 N–H and O–H groups in total. The third kappa shape index (κ3) is 5.32. The van der Waals surface area contributed by atoms with E-state index in [1.165, 1.54) is 0 Å². The topological polar surface area (TPSA) is 94.1 Å². The van der Waals surface area contributed by atoms with Crippen molar-refractivity contribution in [3.63, 3.8) is 0 Å². The van der Waals surface area contributed by atoms with Gasteiger partial charge in [-0.3, -0.25) is 14.3 Å². The first-order chi connectivity index (χ1) is 17.1. The molecule has 1 aliphatic rings.